The number of nitrogens with zero attached hydrogens (tertiary/aromatic N) is 1. The van der Waals surface area contributed by atoms with E-state index in [9.17, 15) is 4.79 Å². The molecular weight excluding hydrogens is 509 g/mol. The number of carbonyl (C=O) groups is 1. The number of rotatable bonds is 7. The Balaban J connectivity index is 0.00000341. The van der Waals surface area contributed by atoms with Gasteiger partial charge in [-0.1, -0.05) is 30.3 Å². The lowest BCUT2D eigenvalue weighted by Gasteiger charge is -2.10. The Hall–Kier alpha value is -3.27. The molecule has 0 bridgehead atoms. The number of nitrogens with one attached hydrogen (secondary N) is 1. The van der Waals surface area contributed by atoms with Gasteiger partial charge in [0, 0.05) is 11.8 Å². The third kappa shape index (κ3) is 6.88. The molecule has 0 radical (unpaired) electrons. The Morgan fingerprint density at radius 1 is 0.968 bits per heavy atom. The fourth-order valence-electron chi connectivity index (χ4n) is 2.74. The number of halogens is 1. The predicted molar refractivity (Wildman–Crippen MR) is 132 cm³/mol. The molecule has 0 aromatic heterocycles. The molecule has 3 N–H and O–H groups in total. The van der Waals surface area contributed by atoms with Crippen LogP contribution in [0.15, 0.2) is 77.8 Å². The van der Waals surface area contributed by atoms with Crippen LogP contribution < -0.4 is 20.5 Å². The quantitative estimate of drug-likeness (QED) is 0.196. The molecule has 7 nitrogen and oxygen atoms in total. The van der Waals surface area contributed by atoms with Gasteiger partial charge in [-0.25, -0.2) is 9.79 Å². The fourth-order valence-corrected chi connectivity index (χ4v) is 2.74. The number of methoxy groups -OCH3 is 2. The van der Waals surface area contributed by atoms with Gasteiger partial charge in [0.1, 0.15) is 22.8 Å². The third-order valence-electron chi connectivity index (χ3n) is 4.19. The summed E-state index contributed by atoms with van der Waals surface area (Å²) in [7, 11) is 2.82. The van der Waals surface area contributed by atoms with Crippen molar-refractivity contribution in [3.05, 3.63) is 83.9 Å². The van der Waals surface area contributed by atoms with Crippen LogP contribution in [0.25, 0.3) is 0 Å². The van der Waals surface area contributed by atoms with E-state index in [-0.39, 0.29) is 29.9 Å². The Bertz CT molecular complexity index is 1040. The van der Waals surface area contributed by atoms with Crippen molar-refractivity contribution in [2.45, 2.75) is 6.54 Å². The maximum Gasteiger partial charge on any atom is 0.341 e. The SMILES string of the molecule is COC(=O)c1ccc(CN=C(N)Nc2cccc(Oc3ccccc3)c2)cc1OC.I. The third-order valence-corrected chi connectivity index (χ3v) is 4.19. The maximum absolute atomic E-state index is 11.7. The van der Waals surface area contributed by atoms with Gasteiger partial charge in [0.15, 0.2) is 5.96 Å². The van der Waals surface area contributed by atoms with Gasteiger partial charge in [-0.15, -0.1) is 24.0 Å². The number of hydrogen-bond acceptors (Lipinski definition) is 5. The van der Waals surface area contributed by atoms with E-state index in [0.717, 1.165) is 17.0 Å². The highest BCUT2D eigenvalue weighted by Crippen LogP contribution is 2.24. The van der Waals surface area contributed by atoms with Gasteiger partial charge in [-0.3, -0.25) is 0 Å². The summed E-state index contributed by atoms with van der Waals surface area (Å²) in [6.07, 6.45) is 0. The van der Waals surface area contributed by atoms with Gasteiger partial charge in [-0.05, 0) is 42.0 Å². The van der Waals surface area contributed by atoms with Crippen LogP contribution >= 0.6 is 24.0 Å². The highest BCUT2D eigenvalue weighted by atomic mass is 127. The number of benzene rings is 3. The number of guanidine groups is 1. The molecule has 0 aliphatic carbocycles. The van der Waals surface area contributed by atoms with Crippen LogP contribution in [0, 0.1) is 0 Å². The first kappa shape index (κ1) is 24.0. The van der Waals surface area contributed by atoms with Crippen LogP contribution in [0.2, 0.25) is 0 Å². The van der Waals surface area contributed by atoms with E-state index in [1.165, 1.54) is 14.2 Å². The average Bonchev–Trinajstić information content (AvgIpc) is 2.78. The molecule has 8 heteroatoms. The van der Waals surface area contributed by atoms with Gasteiger partial charge in [0.25, 0.3) is 0 Å². The first-order valence-corrected chi connectivity index (χ1v) is 9.24. The first-order valence-electron chi connectivity index (χ1n) is 9.24. The Labute approximate surface area is 198 Å². The lowest BCUT2D eigenvalue weighted by atomic mass is 10.1. The molecule has 0 atom stereocenters. The van der Waals surface area contributed by atoms with Crippen LogP contribution in [-0.2, 0) is 11.3 Å². The minimum Gasteiger partial charge on any atom is -0.496 e. The van der Waals surface area contributed by atoms with Crippen molar-refractivity contribution in [2.75, 3.05) is 19.5 Å². The number of ether oxygens (including phenoxy) is 3. The second-order valence-electron chi connectivity index (χ2n) is 6.30. The second-order valence-corrected chi connectivity index (χ2v) is 6.30. The largest absolute Gasteiger partial charge is 0.496 e. The molecule has 0 fully saturated rings. The molecule has 0 saturated heterocycles. The molecule has 3 aromatic carbocycles. The van der Waals surface area contributed by atoms with Crippen LogP contribution in [0.3, 0.4) is 0 Å². The van der Waals surface area contributed by atoms with E-state index >= 15 is 0 Å². The van der Waals surface area contributed by atoms with E-state index in [2.05, 4.69) is 10.3 Å². The molecule has 0 saturated carbocycles. The van der Waals surface area contributed by atoms with Crippen molar-refractivity contribution >= 4 is 41.6 Å². The van der Waals surface area contributed by atoms with Gasteiger partial charge in [0.2, 0.25) is 0 Å². The molecular formula is C23H24IN3O4. The molecule has 0 unspecified atom stereocenters. The van der Waals surface area contributed by atoms with Crippen molar-refractivity contribution in [1.29, 1.82) is 0 Å². The van der Waals surface area contributed by atoms with Gasteiger partial charge < -0.3 is 25.3 Å². The zero-order valence-corrected chi connectivity index (χ0v) is 19.5. The van der Waals surface area contributed by atoms with E-state index in [1.807, 2.05) is 54.6 Å². The lowest BCUT2D eigenvalue weighted by Crippen LogP contribution is -2.22. The van der Waals surface area contributed by atoms with Crippen molar-refractivity contribution in [1.82, 2.24) is 0 Å². The van der Waals surface area contributed by atoms with Crippen LogP contribution in [-0.4, -0.2) is 26.1 Å². The summed E-state index contributed by atoms with van der Waals surface area (Å²) in [6.45, 7) is 0.316. The molecule has 0 amide bonds. The number of hydrogen-bond donors (Lipinski definition) is 2. The molecule has 162 valence electrons. The maximum atomic E-state index is 11.7. The van der Waals surface area contributed by atoms with E-state index < -0.39 is 5.97 Å². The standard InChI is InChI=1S/C23H23N3O4.HI/c1-28-21-13-16(11-12-20(21)22(27)29-2)15-25-23(24)26-17-7-6-10-19(14-17)30-18-8-4-3-5-9-18;/h3-14H,15H2,1-2H3,(H3,24,25,26);1H. The van der Waals surface area contributed by atoms with Gasteiger partial charge in [0.05, 0.1) is 20.8 Å². The van der Waals surface area contributed by atoms with E-state index in [4.69, 9.17) is 19.9 Å². The number of carbonyl (C=O) groups excluding carboxylic acids is 1. The van der Waals surface area contributed by atoms with Gasteiger partial charge in [-0.2, -0.15) is 0 Å². The predicted octanol–water partition coefficient (Wildman–Crippen LogP) is 4.82. The molecule has 0 heterocycles. The summed E-state index contributed by atoms with van der Waals surface area (Å²) < 4.78 is 15.8. The molecule has 0 aliphatic heterocycles. The highest BCUT2D eigenvalue weighted by molar-refractivity contribution is 14.0. The van der Waals surface area contributed by atoms with Crippen molar-refractivity contribution in [3.63, 3.8) is 0 Å². The Morgan fingerprint density at radius 2 is 1.71 bits per heavy atom. The number of para-hydroxylation sites is 1. The van der Waals surface area contributed by atoms with Gasteiger partial charge >= 0.3 is 5.97 Å². The monoisotopic (exact) mass is 533 g/mol. The summed E-state index contributed by atoms with van der Waals surface area (Å²) >= 11 is 0. The topological polar surface area (TPSA) is 95.2 Å². The second kappa shape index (κ2) is 11.8. The Morgan fingerprint density at radius 3 is 2.42 bits per heavy atom. The zero-order chi connectivity index (χ0) is 21.3. The number of esters is 1. The van der Waals surface area contributed by atoms with E-state index in [0.29, 0.717) is 23.6 Å². The highest BCUT2D eigenvalue weighted by Gasteiger charge is 2.13. The fraction of sp³-hybridized carbons (Fsp3) is 0.130. The van der Waals surface area contributed by atoms with Crippen LogP contribution in [0.1, 0.15) is 15.9 Å². The molecule has 3 rings (SSSR count). The van der Waals surface area contributed by atoms with Crippen LogP contribution in [0.5, 0.6) is 17.2 Å². The first-order chi connectivity index (χ1) is 14.6. The summed E-state index contributed by atoms with van der Waals surface area (Å²) in [5.74, 6) is 1.65. The van der Waals surface area contributed by atoms with Crippen molar-refractivity contribution < 1.29 is 19.0 Å². The average molecular weight is 533 g/mol. The number of anilines is 1. The zero-order valence-electron chi connectivity index (χ0n) is 17.2. The summed E-state index contributed by atoms with van der Waals surface area (Å²) in [4.78, 5) is 16.1. The minimum atomic E-state index is -0.458. The molecule has 31 heavy (non-hydrogen) atoms. The molecule has 0 aliphatic rings. The van der Waals surface area contributed by atoms with E-state index in [1.54, 1.807) is 18.2 Å². The number of nitrogens with two attached hydrogens (primary N) is 1. The number of aliphatic imine (C=N–C) groups is 1. The summed E-state index contributed by atoms with van der Waals surface area (Å²) in [5, 5.41) is 3.05. The molecule has 3 aromatic rings. The summed E-state index contributed by atoms with van der Waals surface area (Å²) in [6, 6.07) is 22.1. The minimum absolute atomic E-state index is 0. The smallest absolute Gasteiger partial charge is 0.341 e. The Kier molecular flexibility index (Phi) is 9.13. The lowest BCUT2D eigenvalue weighted by molar-refractivity contribution is 0.0597. The summed E-state index contributed by atoms with van der Waals surface area (Å²) in [5.41, 5.74) is 7.97. The van der Waals surface area contributed by atoms with Crippen molar-refractivity contribution in [2.24, 2.45) is 10.7 Å². The van der Waals surface area contributed by atoms with Crippen LogP contribution in [0.4, 0.5) is 5.69 Å². The normalized spacial score (nSPS) is 10.6. The van der Waals surface area contributed by atoms with Crippen molar-refractivity contribution in [3.8, 4) is 17.2 Å². The molecule has 0 spiro atoms.